The molecule has 0 saturated carbocycles. The summed E-state index contributed by atoms with van der Waals surface area (Å²) in [6.07, 6.45) is 2.31. The van der Waals surface area contributed by atoms with E-state index in [1.807, 2.05) is 18.2 Å². The van der Waals surface area contributed by atoms with E-state index in [2.05, 4.69) is 17.6 Å². The van der Waals surface area contributed by atoms with Crippen molar-refractivity contribution in [1.29, 1.82) is 0 Å². The van der Waals surface area contributed by atoms with Crippen LogP contribution in [-0.2, 0) is 19.5 Å². The number of fused-ring (bicyclic) bond motifs is 2. The van der Waals surface area contributed by atoms with Gasteiger partial charge in [0, 0.05) is 25.2 Å². The van der Waals surface area contributed by atoms with Gasteiger partial charge in [0.15, 0.2) is 0 Å². The van der Waals surface area contributed by atoms with Crippen LogP contribution in [0, 0.1) is 0 Å². The van der Waals surface area contributed by atoms with E-state index in [4.69, 9.17) is 0 Å². The minimum atomic E-state index is -0.510. The third-order valence-electron chi connectivity index (χ3n) is 4.96. The number of hydrogen-bond donors (Lipinski definition) is 1. The molecule has 0 fully saturated rings. The quantitative estimate of drug-likeness (QED) is 0.726. The van der Waals surface area contributed by atoms with Gasteiger partial charge < -0.3 is 9.88 Å². The van der Waals surface area contributed by atoms with Crippen LogP contribution in [0.5, 0.6) is 0 Å². The lowest BCUT2D eigenvalue weighted by Gasteiger charge is -2.29. The summed E-state index contributed by atoms with van der Waals surface area (Å²) in [5, 5.41) is 0.372. The van der Waals surface area contributed by atoms with Crippen molar-refractivity contribution in [2.75, 3.05) is 6.54 Å². The number of H-pyrrole nitrogens is 1. The highest BCUT2D eigenvalue weighted by atomic mass is 16.2. The Labute approximate surface area is 155 Å². The van der Waals surface area contributed by atoms with Crippen molar-refractivity contribution in [3.8, 4) is 0 Å². The Morgan fingerprint density at radius 1 is 1.15 bits per heavy atom. The minimum absolute atomic E-state index is 0.109. The largest absolute Gasteiger partial charge is 0.334 e. The van der Waals surface area contributed by atoms with Crippen LogP contribution in [0.4, 0.5) is 0 Å². The lowest BCUT2D eigenvalue weighted by atomic mass is 9.99. The highest BCUT2D eigenvalue weighted by molar-refractivity contribution is 5.97. The lowest BCUT2D eigenvalue weighted by molar-refractivity contribution is 0.0735. The Kier molecular flexibility index (Phi) is 4.24. The van der Waals surface area contributed by atoms with Crippen LogP contribution >= 0.6 is 0 Å². The summed E-state index contributed by atoms with van der Waals surface area (Å²) < 4.78 is 1.08. The van der Waals surface area contributed by atoms with Crippen LogP contribution in [0.1, 0.15) is 21.5 Å². The summed E-state index contributed by atoms with van der Waals surface area (Å²) in [6, 6.07) is 12.9. The second kappa shape index (κ2) is 6.72. The highest BCUT2D eigenvalue weighted by Crippen LogP contribution is 2.21. The van der Waals surface area contributed by atoms with Gasteiger partial charge in [-0.2, -0.15) is 0 Å². The molecular formula is C21H19N3O3. The van der Waals surface area contributed by atoms with Gasteiger partial charge in [-0.3, -0.25) is 14.2 Å². The van der Waals surface area contributed by atoms with E-state index >= 15 is 0 Å². The number of rotatable bonds is 3. The van der Waals surface area contributed by atoms with E-state index in [1.54, 1.807) is 23.1 Å². The third kappa shape index (κ3) is 2.99. The van der Waals surface area contributed by atoms with Crippen LogP contribution < -0.4 is 11.2 Å². The normalized spacial score (nSPS) is 13.4. The molecule has 0 aliphatic carbocycles. The van der Waals surface area contributed by atoms with Crippen molar-refractivity contribution >= 4 is 16.8 Å². The van der Waals surface area contributed by atoms with Crippen LogP contribution in [0.2, 0.25) is 0 Å². The molecule has 1 amide bonds. The molecule has 0 radical (unpaired) electrons. The number of carbonyl (C=O) groups excluding carboxylic acids is 1. The molecule has 6 nitrogen and oxygen atoms in total. The lowest BCUT2D eigenvalue weighted by Crippen LogP contribution is -2.36. The molecule has 0 unspecified atom stereocenters. The summed E-state index contributed by atoms with van der Waals surface area (Å²) in [5.74, 6) is -0.109. The molecule has 4 rings (SSSR count). The van der Waals surface area contributed by atoms with Crippen molar-refractivity contribution in [1.82, 2.24) is 14.5 Å². The first-order chi connectivity index (χ1) is 13.1. The molecule has 0 bridgehead atoms. The fourth-order valence-corrected chi connectivity index (χ4v) is 3.53. The molecule has 2 heterocycles. The van der Waals surface area contributed by atoms with Gasteiger partial charge in [0.1, 0.15) is 0 Å². The van der Waals surface area contributed by atoms with Gasteiger partial charge in [-0.15, -0.1) is 6.58 Å². The van der Waals surface area contributed by atoms with Crippen molar-refractivity contribution in [2.45, 2.75) is 19.5 Å². The standard InChI is InChI=1S/C21H19N3O3/c1-2-10-24-20(26)17-8-7-15(12-18(17)22-21(24)27)19(25)23-11-9-14-5-3-4-6-16(14)13-23/h2-8,12H,1,9-11,13H2,(H,22,27). The molecule has 1 N–H and O–H groups in total. The van der Waals surface area contributed by atoms with Gasteiger partial charge in [0.05, 0.1) is 10.9 Å². The van der Waals surface area contributed by atoms with Crippen molar-refractivity contribution < 1.29 is 4.79 Å². The number of allylic oxidation sites excluding steroid dienone is 1. The first kappa shape index (κ1) is 17.0. The predicted molar refractivity (Wildman–Crippen MR) is 104 cm³/mol. The Hall–Kier alpha value is -3.41. The molecule has 0 saturated heterocycles. The Bertz CT molecular complexity index is 1170. The maximum Gasteiger partial charge on any atom is 0.329 e. The number of aromatic nitrogens is 2. The number of aromatic amines is 1. The number of benzene rings is 2. The molecule has 6 heteroatoms. The fraction of sp³-hybridized carbons (Fsp3) is 0.190. The molecule has 1 aromatic heterocycles. The van der Waals surface area contributed by atoms with Crippen molar-refractivity contribution in [3.05, 3.63) is 92.6 Å². The van der Waals surface area contributed by atoms with Crippen molar-refractivity contribution in [2.24, 2.45) is 0 Å². The first-order valence-corrected chi connectivity index (χ1v) is 8.82. The minimum Gasteiger partial charge on any atom is -0.334 e. The molecule has 27 heavy (non-hydrogen) atoms. The smallest absolute Gasteiger partial charge is 0.329 e. The van der Waals surface area contributed by atoms with E-state index in [9.17, 15) is 14.4 Å². The molecule has 0 spiro atoms. The van der Waals surface area contributed by atoms with Gasteiger partial charge in [-0.1, -0.05) is 30.3 Å². The molecule has 3 aromatic rings. The molecule has 1 aliphatic heterocycles. The van der Waals surface area contributed by atoms with Crippen molar-refractivity contribution in [3.63, 3.8) is 0 Å². The van der Waals surface area contributed by atoms with E-state index in [0.29, 0.717) is 29.6 Å². The zero-order valence-corrected chi connectivity index (χ0v) is 14.8. The predicted octanol–water partition coefficient (Wildman–Crippen LogP) is 2.07. The average molecular weight is 361 g/mol. The molecular weight excluding hydrogens is 342 g/mol. The molecule has 0 atom stereocenters. The maximum atomic E-state index is 12.9. The molecule has 1 aliphatic rings. The van der Waals surface area contributed by atoms with E-state index in [1.165, 1.54) is 11.6 Å². The summed E-state index contributed by atoms with van der Waals surface area (Å²) in [4.78, 5) is 42.0. The number of nitrogens with one attached hydrogen (secondary N) is 1. The van der Waals surface area contributed by atoms with E-state index in [-0.39, 0.29) is 18.0 Å². The monoisotopic (exact) mass is 361 g/mol. The maximum absolute atomic E-state index is 12.9. The second-order valence-corrected chi connectivity index (χ2v) is 6.64. The van der Waals surface area contributed by atoms with Crippen LogP contribution in [0.3, 0.4) is 0 Å². The van der Waals surface area contributed by atoms with Gasteiger partial charge in [0.25, 0.3) is 11.5 Å². The van der Waals surface area contributed by atoms with Gasteiger partial charge >= 0.3 is 5.69 Å². The first-order valence-electron chi connectivity index (χ1n) is 8.82. The number of carbonyl (C=O) groups is 1. The van der Waals surface area contributed by atoms with E-state index in [0.717, 1.165) is 16.6 Å². The Morgan fingerprint density at radius 2 is 1.93 bits per heavy atom. The topological polar surface area (TPSA) is 75.2 Å². The Morgan fingerprint density at radius 3 is 2.70 bits per heavy atom. The number of hydrogen-bond acceptors (Lipinski definition) is 3. The van der Waals surface area contributed by atoms with Gasteiger partial charge in [-0.25, -0.2) is 4.79 Å². The van der Waals surface area contributed by atoms with Crippen LogP contribution in [0.15, 0.2) is 64.7 Å². The summed E-state index contributed by atoms with van der Waals surface area (Å²) in [5.41, 5.74) is 2.35. The zero-order chi connectivity index (χ0) is 19.0. The van der Waals surface area contributed by atoms with E-state index < -0.39 is 5.69 Å². The van der Waals surface area contributed by atoms with Crippen LogP contribution in [0.25, 0.3) is 10.9 Å². The third-order valence-corrected chi connectivity index (χ3v) is 4.96. The van der Waals surface area contributed by atoms with Gasteiger partial charge in [0.2, 0.25) is 0 Å². The zero-order valence-electron chi connectivity index (χ0n) is 14.8. The summed E-state index contributed by atoms with van der Waals surface area (Å²) >= 11 is 0. The fourth-order valence-electron chi connectivity index (χ4n) is 3.53. The average Bonchev–Trinajstić information content (AvgIpc) is 2.69. The van der Waals surface area contributed by atoms with Crippen LogP contribution in [-0.4, -0.2) is 26.9 Å². The highest BCUT2D eigenvalue weighted by Gasteiger charge is 2.22. The second-order valence-electron chi connectivity index (χ2n) is 6.64. The Balaban J connectivity index is 1.69. The summed E-state index contributed by atoms with van der Waals surface area (Å²) in [6.45, 7) is 4.90. The number of nitrogens with zero attached hydrogens (tertiary/aromatic N) is 2. The number of amides is 1. The molecule has 136 valence electrons. The SMILES string of the molecule is C=CCn1c(=O)[nH]c2cc(C(=O)N3CCc4ccccc4C3)ccc2c1=O. The molecule has 2 aromatic carbocycles. The van der Waals surface area contributed by atoms with Gasteiger partial charge in [-0.05, 0) is 35.7 Å². The summed E-state index contributed by atoms with van der Waals surface area (Å²) in [7, 11) is 0.